The van der Waals surface area contributed by atoms with E-state index in [9.17, 15) is 5.11 Å². The maximum atomic E-state index is 9.47. The quantitative estimate of drug-likeness (QED) is 0.878. The average Bonchev–Trinajstić information content (AvgIpc) is 2.88. The van der Waals surface area contributed by atoms with Crippen LogP contribution in [0, 0.1) is 13.8 Å². The second-order valence-electron chi connectivity index (χ2n) is 6.13. The second-order valence-corrected chi connectivity index (χ2v) is 6.13. The van der Waals surface area contributed by atoms with Crippen molar-refractivity contribution >= 4 is 11.5 Å². The molecule has 1 unspecified atom stereocenters. The Bertz CT molecular complexity index is 639. The second kappa shape index (κ2) is 6.62. The van der Waals surface area contributed by atoms with Crippen LogP contribution in [0.5, 0.6) is 0 Å². The summed E-state index contributed by atoms with van der Waals surface area (Å²) in [6.45, 7) is 7.10. The van der Waals surface area contributed by atoms with Gasteiger partial charge in [0, 0.05) is 37.0 Å². The Morgan fingerprint density at radius 2 is 2.14 bits per heavy atom. The summed E-state index contributed by atoms with van der Waals surface area (Å²) < 4.78 is 1.86. The molecule has 2 aromatic heterocycles. The van der Waals surface area contributed by atoms with Crippen LogP contribution in [0.4, 0.5) is 5.82 Å². The molecule has 1 aliphatic heterocycles. The number of aryl methyl sites for hydroxylation is 2. The molecule has 2 N–H and O–H groups in total. The van der Waals surface area contributed by atoms with Crippen molar-refractivity contribution in [2.24, 2.45) is 0 Å². The summed E-state index contributed by atoms with van der Waals surface area (Å²) in [5.41, 5.74) is 2.84. The molecular formula is C16H25N5O. The summed E-state index contributed by atoms with van der Waals surface area (Å²) >= 11 is 0. The van der Waals surface area contributed by atoms with E-state index in [2.05, 4.69) is 20.3 Å². The molecule has 0 saturated carbocycles. The maximum Gasteiger partial charge on any atom is 0.157 e. The number of rotatable bonds is 5. The van der Waals surface area contributed by atoms with Crippen molar-refractivity contribution in [3.63, 3.8) is 0 Å². The van der Waals surface area contributed by atoms with E-state index < -0.39 is 0 Å². The van der Waals surface area contributed by atoms with Crippen molar-refractivity contribution in [2.45, 2.75) is 39.2 Å². The molecular weight excluding hydrogens is 278 g/mol. The lowest BCUT2D eigenvalue weighted by Gasteiger charge is -2.34. The van der Waals surface area contributed by atoms with Crippen LogP contribution in [-0.2, 0) is 0 Å². The molecule has 3 heterocycles. The third-order valence-corrected chi connectivity index (χ3v) is 4.34. The Morgan fingerprint density at radius 3 is 2.95 bits per heavy atom. The zero-order valence-corrected chi connectivity index (χ0v) is 13.4. The van der Waals surface area contributed by atoms with Gasteiger partial charge >= 0.3 is 0 Å². The number of aliphatic hydroxyl groups is 1. The minimum absolute atomic E-state index is 0.261. The molecule has 0 aromatic carbocycles. The third kappa shape index (κ3) is 3.23. The van der Waals surface area contributed by atoms with Crippen molar-refractivity contribution in [3.05, 3.63) is 23.5 Å². The minimum atomic E-state index is 0.261. The van der Waals surface area contributed by atoms with Crippen LogP contribution in [0.25, 0.3) is 5.65 Å². The zero-order chi connectivity index (χ0) is 15.5. The Kier molecular flexibility index (Phi) is 4.59. The van der Waals surface area contributed by atoms with Crippen molar-refractivity contribution in [1.82, 2.24) is 19.5 Å². The first-order valence-corrected chi connectivity index (χ1v) is 8.10. The molecule has 6 heteroatoms. The van der Waals surface area contributed by atoms with Crippen molar-refractivity contribution in [3.8, 4) is 0 Å². The number of aromatic nitrogens is 3. The Hall–Kier alpha value is -1.66. The van der Waals surface area contributed by atoms with Gasteiger partial charge in [0.15, 0.2) is 5.65 Å². The van der Waals surface area contributed by atoms with Gasteiger partial charge in [-0.25, -0.2) is 4.98 Å². The number of fused-ring (bicyclic) bond motifs is 1. The monoisotopic (exact) mass is 303 g/mol. The van der Waals surface area contributed by atoms with Gasteiger partial charge in [-0.05, 0) is 33.2 Å². The molecule has 0 bridgehead atoms. The van der Waals surface area contributed by atoms with Crippen LogP contribution in [0.3, 0.4) is 0 Å². The molecule has 22 heavy (non-hydrogen) atoms. The number of anilines is 1. The van der Waals surface area contributed by atoms with Crippen LogP contribution in [0.2, 0.25) is 0 Å². The predicted molar refractivity (Wildman–Crippen MR) is 87.2 cm³/mol. The van der Waals surface area contributed by atoms with Gasteiger partial charge in [0.1, 0.15) is 5.82 Å². The highest BCUT2D eigenvalue weighted by Crippen LogP contribution is 2.17. The van der Waals surface area contributed by atoms with E-state index in [4.69, 9.17) is 0 Å². The molecule has 0 aliphatic carbocycles. The summed E-state index contributed by atoms with van der Waals surface area (Å²) in [5.74, 6) is 0.980. The zero-order valence-electron chi connectivity index (χ0n) is 13.4. The van der Waals surface area contributed by atoms with E-state index >= 15 is 0 Å². The van der Waals surface area contributed by atoms with Gasteiger partial charge in [0.2, 0.25) is 0 Å². The minimum Gasteiger partial charge on any atom is -0.395 e. The molecule has 1 aliphatic rings. The highest BCUT2D eigenvalue weighted by atomic mass is 16.3. The van der Waals surface area contributed by atoms with E-state index in [-0.39, 0.29) is 6.61 Å². The fourth-order valence-corrected chi connectivity index (χ4v) is 3.23. The van der Waals surface area contributed by atoms with Crippen LogP contribution in [0.15, 0.2) is 12.1 Å². The lowest BCUT2D eigenvalue weighted by Crippen LogP contribution is -2.44. The molecule has 2 aromatic rings. The highest BCUT2D eigenvalue weighted by molar-refractivity contribution is 5.50. The van der Waals surface area contributed by atoms with Gasteiger partial charge in [0.05, 0.1) is 12.3 Å². The van der Waals surface area contributed by atoms with E-state index in [0.29, 0.717) is 6.04 Å². The standard InChI is InChI=1S/C16H25N5O/c1-12-9-15(21-16(18-12)10-13(2)19-21)17-6-8-20-7-4-3-5-14(20)11-22/h9-10,14,17,22H,3-8,11H2,1-2H3. The van der Waals surface area contributed by atoms with Crippen LogP contribution >= 0.6 is 0 Å². The fourth-order valence-electron chi connectivity index (χ4n) is 3.23. The molecule has 120 valence electrons. The summed E-state index contributed by atoms with van der Waals surface area (Å²) in [4.78, 5) is 6.88. The number of hydrogen-bond acceptors (Lipinski definition) is 5. The topological polar surface area (TPSA) is 65.7 Å². The first-order valence-electron chi connectivity index (χ1n) is 8.10. The molecule has 3 rings (SSSR count). The first kappa shape index (κ1) is 15.2. The molecule has 0 amide bonds. The molecule has 0 radical (unpaired) electrons. The van der Waals surface area contributed by atoms with E-state index in [0.717, 1.165) is 48.9 Å². The number of piperidine rings is 1. The van der Waals surface area contributed by atoms with Gasteiger partial charge in [-0.2, -0.15) is 9.61 Å². The predicted octanol–water partition coefficient (Wildman–Crippen LogP) is 1.60. The lowest BCUT2D eigenvalue weighted by molar-refractivity contribution is 0.0940. The average molecular weight is 303 g/mol. The summed E-state index contributed by atoms with van der Waals surface area (Å²) in [5, 5.41) is 17.4. The smallest absolute Gasteiger partial charge is 0.157 e. The van der Waals surface area contributed by atoms with Crippen LogP contribution < -0.4 is 5.32 Å². The lowest BCUT2D eigenvalue weighted by atomic mass is 10.0. The third-order valence-electron chi connectivity index (χ3n) is 4.34. The van der Waals surface area contributed by atoms with Gasteiger partial charge in [-0.1, -0.05) is 6.42 Å². The van der Waals surface area contributed by atoms with Gasteiger partial charge < -0.3 is 10.4 Å². The number of nitrogens with zero attached hydrogens (tertiary/aromatic N) is 4. The van der Waals surface area contributed by atoms with Crippen molar-refractivity contribution in [2.75, 3.05) is 31.6 Å². The molecule has 6 nitrogen and oxygen atoms in total. The van der Waals surface area contributed by atoms with E-state index in [1.54, 1.807) is 0 Å². The maximum absolute atomic E-state index is 9.47. The van der Waals surface area contributed by atoms with Crippen molar-refractivity contribution < 1.29 is 5.11 Å². The van der Waals surface area contributed by atoms with Gasteiger partial charge in [-0.3, -0.25) is 4.90 Å². The summed E-state index contributed by atoms with van der Waals surface area (Å²) in [6.07, 6.45) is 3.56. The molecule has 1 saturated heterocycles. The number of likely N-dealkylation sites (tertiary alicyclic amines) is 1. The van der Waals surface area contributed by atoms with Gasteiger partial charge in [0.25, 0.3) is 0 Å². The Labute approximate surface area is 131 Å². The largest absolute Gasteiger partial charge is 0.395 e. The summed E-state index contributed by atoms with van der Waals surface area (Å²) in [7, 11) is 0. The Balaban J connectivity index is 1.66. The SMILES string of the molecule is Cc1cc(NCCN2CCCCC2CO)n2nc(C)cc2n1. The normalized spacial score (nSPS) is 19.7. The number of nitrogens with one attached hydrogen (secondary N) is 1. The van der Waals surface area contributed by atoms with Crippen LogP contribution in [0.1, 0.15) is 30.7 Å². The highest BCUT2D eigenvalue weighted by Gasteiger charge is 2.20. The van der Waals surface area contributed by atoms with E-state index in [1.165, 1.54) is 12.8 Å². The fraction of sp³-hybridized carbons (Fsp3) is 0.625. The number of hydrogen-bond donors (Lipinski definition) is 2. The molecule has 1 fully saturated rings. The van der Waals surface area contributed by atoms with Crippen LogP contribution in [-0.4, -0.2) is 56.9 Å². The number of aliphatic hydroxyl groups excluding tert-OH is 1. The first-order chi connectivity index (χ1) is 10.7. The van der Waals surface area contributed by atoms with Crippen molar-refractivity contribution in [1.29, 1.82) is 0 Å². The summed E-state index contributed by atoms with van der Waals surface area (Å²) in [6, 6.07) is 4.34. The Morgan fingerprint density at radius 1 is 1.27 bits per heavy atom. The molecule has 1 atom stereocenters. The van der Waals surface area contributed by atoms with Gasteiger partial charge in [-0.15, -0.1) is 0 Å². The van der Waals surface area contributed by atoms with E-state index in [1.807, 2.05) is 30.5 Å². The molecule has 0 spiro atoms.